The number of nitrogen functional groups attached to an aromatic ring is 1. The van der Waals surface area contributed by atoms with Crippen LogP contribution in [0.2, 0.25) is 5.02 Å². The molecule has 6 heteroatoms. The van der Waals surface area contributed by atoms with Gasteiger partial charge in [0.05, 0.1) is 10.7 Å². The molecule has 1 aromatic rings. The molecule has 0 radical (unpaired) electrons. The molecule has 0 aliphatic carbocycles. The molecule has 1 aromatic carbocycles. The minimum absolute atomic E-state index is 0.0510. The molecule has 0 aromatic heterocycles. The second-order valence-corrected chi connectivity index (χ2v) is 5.30. The van der Waals surface area contributed by atoms with Crippen molar-refractivity contribution in [2.24, 2.45) is 0 Å². The monoisotopic (exact) mass is 295 g/mol. The second kappa shape index (κ2) is 6.13. The molecule has 0 bridgehead atoms. The Morgan fingerprint density at radius 1 is 1.15 bits per heavy atom. The van der Waals surface area contributed by atoms with Crippen molar-refractivity contribution in [3.05, 3.63) is 28.8 Å². The maximum absolute atomic E-state index is 12.4. The number of amides is 2. The lowest BCUT2D eigenvalue weighted by molar-refractivity contribution is -0.128. The molecular formula is C14H18ClN3O2. The van der Waals surface area contributed by atoms with Crippen molar-refractivity contribution in [2.75, 3.05) is 31.9 Å². The van der Waals surface area contributed by atoms with E-state index in [-0.39, 0.29) is 11.8 Å². The first-order valence-electron chi connectivity index (χ1n) is 6.59. The summed E-state index contributed by atoms with van der Waals surface area (Å²) in [5, 5.41) is 0.445. The summed E-state index contributed by atoms with van der Waals surface area (Å²) in [5.74, 6) is -0.0196. The summed E-state index contributed by atoms with van der Waals surface area (Å²) < 4.78 is 0. The predicted molar refractivity (Wildman–Crippen MR) is 78.6 cm³/mol. The molecule has 1 aliphatic heterocycles. The Morgan fingerprint density at radius 3 is 2.45 bits per heavy atom. The molecule has 2 amide bonds. The van der Waals surface area contributed by atoms with E-state index in [1.54, 1.807) is 34.9 Å². The van der Waals surface area contributed by atoms with E-state index in [9.17, 15) is 9.59 Å². The van der Waals surface area contributed by atoms with Gasteiger partial charge in [-0.3, -0.25) is 9.59 Å². The van der Waals surface area contributed by atoms with Crippen molar-refractivity contribution in [1.29, 1.82) is 0 Å². The molecular weight excluding hydrogens is 278 g/mol. The van der Waals surface area contributed by atoms with Crippen LogP contribution in [0.3, 0.4) is 0 Å². The molecule has 0 saturated carbocycles. The zero-order valence-electron chi connectivity index (χ0n) is 11.4. The highest BCUT2D eigenvalue weighted by atomic mass is 35.5. The van der Waals surface area contributed by atoms with Gasteiger partial charge < -0.3 is 15.5 Å². The van der Waals surface area contributed by atoms with E-state index < -0.39 is 0 Å². The zero-order valence-corrected chi connectivity index (χ0v) is 12.2. The molecule has 2 N–H and O–H groups in total. The van der Waals surface area contributed by atoms with E-state index in [1.165, 1.54) is 0 Å². The van der Waals surface area contributed by atoms with Crippen molar-refractivity contribution in [1.82, 2.24) is 9.80 Å². The van der Waals surface area contributed by atoms with Gasteiger partial charge in [-0.25, -0.2) is 0 Å². The van der Waals surface area contributed by atoms with Gasteiger partial charge in [-0.15, -0.1) is 0 Å². The van der Waals surface area contributed by atoms with Gasteiger partial charge >= 0.3 is 0 Å². The summed E-state index contributed by atoms with van der Waals surface area (Å²) in [6, 6.07) is 4.90. The number of nitrogens with zero attached hydrogens (tertiary/aromatic N) is 2. The number of benzene rings is 1. The summed E-state index contributed by atoms with van der Waals surface area (Å²) in [6.07, 6.45) is 0.786. The average Bonchev–Trinajstić information content (AvgIpc) is 2.67. The van der Waals surface area contributed by atoms with E-state index in [0.717, 1.165) is 6.42 Å². The van der Waals surface area contributed by atoms with Crippen LogP contribution in [0.25, 0.3) is 0 Å². The Morgan fingerprint density at radius 2 is 1.80 bits per heavy atom. The lowest BCUT2D eigenvalue weighted by Crippen LogP contribution is -2.36. The normalized spacial score (nSPS) is 15.9. The fraction of sp³-hybridized carbons (Fsp3) is 0.429. The van der Waals surface area contributed by atoms with Crippen molar-refractivity contribution < 1.29 is 9.59 Å². The Labute approximate surface area is 123 Å². The summed E-state index contributed by atoms with van der Waals surface area (Å²) in [6.45, 7) is 4.01. The SMILES string of the molecule is CC(=O)N1CCCN(C(=O)c2ccc(Cl)c(N)c2)CC1. The van der Waals surface area contributed by atoms with E-state index in [2.05, 4.69) is 0 Å². The summed E-state index contributed by atoms with van der Waals surface area (Å²) in [7, 11) is 0. The molecule has 108 valence electrons. The number of hydrogen-bond donors (Lipinski definition) is 1. The predicted octanol–water partition coefficient (Wildman–Crippen LogP) is 1.62. The summed E-state index contributed by atoms with van der Waals surface area (Å²) in [4.78, 5) is 27.3. The van der Waals surface area contributed by atoms with E-state index in [0.29, 0.717) is 42.5 Å². The second-order valence-electron chi connectivity index (χ2n) is 4.89. The summed E-state index contributed by atoms with van der Waals surface area (Å²) >= 11 is 5.86. The van der Waals surface area contributed by atoms with Gasteiger partial charge in [0.2, 0.25) is 5.91 Å². The van der Waals surface area contributed by atoms with Crippen LogP contribution in [0, 0.1) is 0 Å². The van der Waals surface area contributed by atoms with Crippen LogP contribution in [0.15, 0.2) is 18.2 Å². The number of nitrogens with two attached hydrogens (primary N) is 1. The highest BCUT2D eigenvalue weighted by molar-refractivity contribution is 6.33. The highest BCUT2D eigenvalue weighted by Gasteiger charge is 2.21. The molecule has 20 heavy (non-hydrogen) atoms. The average molecular weight is 296 g/mol. The fourth-order valence-corrected chi connectivity index (χ4v) is 2.41. The van der Waals surface area contributed by atoms with Crippen molar-refractivity contribution in [3.63, 3.8) is 0 Å². The Kier molecular flexibility index (Phi) is 4.49. The van der Waals surface area contributed by atoms with Gasteiger partial charge in [0.25, 0.3) is 5.91 Å². The van der Waals surface area contributed by atoms with Crippen LogP contribution in [0.1, 0.15) is 23.7 Å². The maximum atomic E-state index is 12.4. The summed E-state index contributed by atoms with van der Waals surface area (Å²) in [5.41, 5.74) is 6.66. The van der Waals surface area contributed by atoms with Crippen molar-refractivity contribution in [3.8, 4) is 0 Å². The first-order chi connectivity index (χ1) is 9.49. The third-order valence-corrected chi connectivity index (χ3v) is 3.82. The number of anilines is 1. The molecule has 1 fully saturated rings. The highest BCUT2D eigenvalue weighted by Crippen LogP contribution is 2.20. The van der Waals surface area contributed by atoms with Crippen LogP contribution in [0.4, 0.5) is 5.69 Å². The topological polar surface area (TPSA) is 66.6 Å². The number of rotatable bonds is 1. The molecule has 2 rings (SSSR count). The molecule has 1 saturated heterocycles. The number of carbonyl (C=O) groups is 2. The van der Waals surface area contributed by atoms with Crippen LogP contribution >= 0.6 is 11.6 Å². The van der Waals surface area contributed by atoms with E-state index >= 15 is 0 Å². The molecule has 5 nitrogen and oxygen atoms in total. The minimum Gasteiger partial charge on any atom is -0.398 e. The minimum atomic E-state index is -0.0706. The van der Waals surface area contributed by atoms with Gasteiger partial charge in [0.1, 0.15) is 0 Å². The molecule has 0 atom stereocenters. The van der Waals surface area contributed by atoms with E-state index in [4.69, 9.17) is 17.3 Å². The van der Waals surface area contributed by atoms with Gasteiger partial charge in [-0.1, -0.05) is 11.6 Å². The third kappa shape index (κ3) is 3.22. The van der Waals surface area contributed by atoms with Crippen LogP contribution in [0.5, 0.6) is 0 Å². The van der Waals surface area contributed by atoms with Crippen LogP contribution in [-0.2, 0) is 4.79 Å². The Bertz CT molecular complexity index is 533. The first-order valence-corrected chi connectivity index (χ1v) is 6.96. The quantitative estimate of drug-likeness (QED) is 0.801. The molecule has 0 unspecified atom stereocenters. The molecule has 1 aliphatic rings. The zero-order chi connectivity index (χ0) is 14.7. The number of hydrogen-bond acceptors (Lipinski definition) is 3. The smallest absolute Gasteiger partial charge is 0.253 e. The van der Waals surface area contributed by atoms with Crippen LogP contribution in [-0.4, -0.2) is 47.8 Å². The van der Waals surface area contributed by atoms with Gasteiger partial charge in [-0.05, 0) is 24.6 Å². The standard InChI is InChI=1S/C14H18ClN3O2/c1-10(19)17-5-2-6-18(8-7-17)14(20)11-3-4-12(15)13(16)9-11/h3-4,9H,2,5-8,16H2,1H3. The van der Waals surface area contributed by atoms with Gasteiger partial charge in [-0.2, -0.15) is 0 Å². The largest absolute Gasteiger partial charge is 0.398 e. The Balaban J connectivity index is 2.09. The first kappa shape index (κ1) is 14.7. The molecule has 1 heterocycles. The fourth-order valence-electron chi connectivity index (χ4n) is 2.29. The van der Waals surface area contributed by atoms with Gasteiger partial charge in [0.15, 0.2) is 0 Å². The van der Waals surface area contributed by atoms with Gasteiger partial charge in [0, 0.05) is 38.7 Å². The molecule has 0 spiro atoms. The van der Waals surface area contributed by atoms with E-state index in [1.807, 2.05) is 0 Å². The third-order valence-electron chi connectivity index (χ3n) is 3.47. The maximum Gasteiger partial charge on any atom is 0.253 e. The number of halogens is 1. The Hall–Kier alpha value is -1.75. The lowest BCUT2D eigenvalue weighted by atomic mass is 10.1. The van der Waals surface area contributed by atoms with Crippen LogP contribution < -0.4 is 5.73 Å². The van der Waals surface area contributed by atoms with Crippen molar-refractivity contribution in [2.45, 2.75) is 13.3 Å². The number of carbonyl (C=O) groups excluding carboxylic acids is 2. The lowest BCUT2D eigenvalue weighted by Gasteiger charge is -2.21. The van der Waals surface area contributed by atoms with Crippen molar-refractivity contribution >= 4 is 29.1 Å².